The summed E-state index contributed by atoms with van der Waals surface area (Å²) in [6.45, 7) is 0. The molecule has 13 heavy (non-hydrogen) atoms. The Bertz CT molecular complexity index is 348. The fourth-order valence-corrected chi connectivity index (χ4v) is 1.38. The minimum Gasteiger partial charge on any atom is -0.772 e. The molecule has 0 heterocycles. The Hall–Kier alpha value is -1.20. The SMILES string of the molecule is O=Cc1cc(CS(=O)[O-])ccc1O. The lowest BCUT2D eigenvalue weighted by Crippen LogP contribution is -1.94. The van der Waals surface area contributed by atoms with Crippen molar-refractivity contribution in [3.05, 3.63) is 29.3 Å². The molecule has 0 aliphatic heterocycles. The van der Waals surface area contributed by atoms with E-state index in [2.05, 4.69) is 0 Å². The van der Waals surface area contributed by atoms with Gasteiger partial charge < -0.3 is 9.66 Å². The van der Waals surface area contributed by atoms with E-state index in [-0.39, 0.29) is 17.1 Å². The number of carbonyl (C=O) groups is 1. The van der Waals surface area contributed by atoms with Gasteiger partial charge in [0.1, 0.15) is 5.75 Å². The second-order valence-electron chi connectivity index (χ2n) is 2.46. The topological polar surface area (TPSA) is 77.4 Å². The monoisotopic (exact) mass is 199 g/mol. The number of benzene rings is 1. The zero-order valence-corrected chi connectivity index (χ0v) is 7.41. The van der Waals surface area contributed by atoms with Crippen molar-refractivity contribution in [1.29, 1.82) is 0 Å². The third kappa shape index (κ3) is 2.64. The van der Waals surface area contributed by atoms with Gasteiger partial charge in [0.2, 0.25) is 0 Å². The first-order chi connectivity index (χ1) is 6.13. The molecule has 5 heteroatoms. The number of phenolic OH excluding ortho intramolecular Hbond substituents is 1. The molecule has 0 aliphatic rings. The van der Waals surface area contributed by atoms with E-state index >= 15 is 0 Å². The van der Waals surface area contributed by atoms with Crippen LogP contribution in [-0.4, -0.2) is 20.2 Å². The van der Waals surface area contributed by atoms with Crippen molar-refractivity contribution in [3.63, 3.8) is 0 Å². The first kappa shape index (κ1) is 9.88. The normalized spacial score (nSPS) is 12.4. The van der Waals surface area contributed by atoms with Crippen LogP contribution in [-0.2, 0) is 16.8 Å². The van der Waals surface area contributed by atoms with Crippen LogP contribution in [0.5, 0.6) is 5.75 Å². The number of rotatable bonds is 3. The molecule has 0 amide bonds. The van der Waals surface area contributed by atoms with Crippen LogP contribution in [0.2, 0.25) is 0 Å². The van der Waals surface area contributed by atoms with Gasteiger partial charge in [-0.25, -0.2) is 0 Å². The first-order valence-electron chi connectivity index (χ1n) is 3.46. The lowest BCUT2D eigenvalue weighted by molar-refractivity contribution is 0.112. The number of aldehydes is 1. The number of carbonyl (C=O) groups excluding carboxylic acids is 1. The number of hydrogen-bond acceptors (Lipinski definition) is 4. The average Bonchev–Trinajstić information content (AvgIpc) is 2.07. The van der Waals surface area contributed by atoms with Crippen molar-refractivity contribution < 1.29 is 18.7 Å². The summed E-state index contributed by atoms with van der Waals surface area (Å²) < 4.78 is 20.6. The lowest BCUT2D eigenvalue weighted by atomic mass is 10.1. The van der Waals surface area contributed by atoms with Crippen LogP contribution in [0, 0.1) is 0 Å². The van der Waals surface area contributed by atoms with Crippen molar-refractivity contribution in [2.45, 2.75) is 5.75 Å². The molecular formula is C8H7O4S-. The number of phenols is 1. The highest BCUT2D eigenvalue weighted by atomic mass is 32.2. The number of hydrogen-bond donors (Lipinski definition) is 1. The van der Waals surface area contributed by atoms with Crippen LogP contribution in [0.4, 0.5) is 0 Å². The van der Waals surface area contributed by atoms with Crippen molar-refractivity contribution in [1.82, 2.24) is 0 Å². The second kappa shape index (κ2) is 4.15. The van der Waals surface area contributed by atoms with Gasteiger partial charge in [0, 0.05) is 5.75 Å². The summed E-state index contributed by atoms with van der Waals surface area (Å²) >= 11 is -2.18. The smallest absolute Gasteiger partial charge is 0.153 e. The molecule has 0 aliphatic carbocycles. The summed E-state index contributed by atoms with van der Waals surface area (Å²) in [4.78, 5) is 10.4. The molecule has 1 atom stereocenters. The fraction of sp³-hybridized carbons (Fsp3) is 0.125. The van der Waals surface area contributed by atoms with Crippen molar-refractivity contribution in [2.75, 3.05) is 0 Å². The summed E-state index contributed by atoms with van der Waals surface area (Å²) in [5, 5.41) is 9.08. The molecule has 0 fully saturated rings. The highest BCUT2D eigenvalue weighted by molar-refractivity contribution is 7.78. The van der Waals surface area contributed by atoms with E-state index in [1.54, 1.807) is 0 Å². The van der Waals surface area contributed by atoms with Gasteiger partial charge in [-0.3, -0.25) is 9.00 Å². The van der Waals surface area contributed by atoms with E-state index in [1.807, 2.05) is 0 Å². The van der Waals surface area contributed by atoms with Crippen molar-refractivity contribution in [3.8, 4) is 5.75 Å². The van der Waals surface area contributed by atoms with Gasteiger partial charge in [-0.1, -0.05) is 17.1 Å². The van der Waals surface area contributed by atoms with Crippen molar-refractivity contribution >= 4 is 17.4 Å². The Labute approximate surface area is 77.5 Å². The molecule has 0 saturated heterocycles. The molecule has 0 spiro atoms. The molecule has 1 unspecified atom stereocenters. The maximum absolute atomic E-state index is 10.4. The van der Waals surface area contributed by atoms with E-state index in [0.29, 0.717) is 11.8 Å². The van der Waals surface area contributed by atoms with E-state index in [9.17, 15) is 13.6 Å². The van der Waals surface area contributed by atoms with Gasteiger partial charge >= 0.3 is 0 Å². The zero-order chi connectivity index (χ0) is 9.84. The third-order valence-corrected chi connectivity index (χ3v) is 2.07. The molecule has 0 bridgehead atoms. The Morgan fingerprint density at radius 2 is 2.23 bits per heavy atom. The highest BCUT2D eigenvalue weighted by Gasteiger charge is 2.01. The predicted octanol–water partition coefficient (Wildman–Crippen LogP) is 0.584. The van der Waals surface area contributed by atoms with Crippen LogP contribution < -0.4 is 0 Å². The van der Waals surface area contributed by atoms with Gasteiger partial charge in [0.25, 0.3) is 0 Å². The predicted molar refractivity (Wildman–Crippen MR) is 46.1 cm³/mol. The van der Waals surface area contributed by atoms with E-state index in [4.69, 9.17) is 5.11 Å². The van der Waals surface area contributed by atoms with Crippen molar-refractivity contribution in [2.24, 2.45) is 0 Å². The molecule has 70 valence electrons. The summed E-state index contributed by atoms with van der Waals surface area (Å²) in [5.74, 6) is -0.295. The van der Waals surface area contributed by atoms with Gasteiger partial charge in [0.15, 0.2) is 6.29 Å². The van der Waals surface area contributed by atoms with Crippen LogP contribution in [0.25, 0.3) is 0 Å². The lowest BCUT2D eigenvalue weighted by Gasteiger charge is -2.05. The van der Waals surface area contributed by atoms with E-state index in [0.717, 1.165) is 0 Å². The molecule has 1 rings (SSSR count). The highest BCUT2D eigenvalue weighted by Crippen LogP contribution is 2.16. The summed E-state index contributed by atoms with van der Waals surface area (Å²) in [6.07, 6.45) is 0.479. The average molecular weight is 199 g/mol. The Morgan fingerprint density at radius 1 is 1.54 bits per heavy atom. The Kier molecular flexibility index (Phi) is 3.16. The van der Waals surface area contributed by atoms with Gasteiger partial charge in [-0.05, 0) is 17.7 Å². The fourth-order valence-electron chi connectivity index (χ4n) is 0.924. The van der Waals surface area contributed by atoms with Gasteiger partial charge in [-0.2, -0.15) is 0 Å². The largest absolute Gasteiger partial charge is 0.772 e. The first-order valence-corrected chi connectivity index (χ1v) is 4.71. The molecule has 1 aromatic carbocycles. The van der Waals surface area contributed by atoms with Crippen LogP contribution in [0.15, 0.2) is 18.2 Å². The minimum atomic E-state index is -2.18. The molecule has 4 nitrogen and oxygen atoms in total. The minimum absolute atomic E-state index is 0.1000. The molecule has 0 radical (unpaired) electrons. The summed E-state index contributed by atoms with van der Waals surface area (Å²) in [7, 11) is 0. The molecule has 0 saturated carbocycles. The molecule has 1 N–H and O–H groups in total. The molecule has 0 aromatic heterocycles. The molecule has 1 aromatic rings. The second-order valence-corrected chi connectivity index (χ2v) is 3.36. The van der Waals surface area contributed by atoms with Crippen LogP contribution in [0.3, 0.4) is 0 Å². The van der Waals surface area contributed by atoms with Crippen LogP contribution >= 0.6 is 0 Å². The van der Waals surface area contributed by atoms with Crippen LogP contribution in [0.1, 0.15) is 15.9 Å². The van der Waals surface area contributed by atoms with E-state index in [1.165, 1.54) is 18.2 Å². The Morgan fingerprint density at radius 3 is 2.77 bits per heavy atom. The maximum Gasteiger partial charge on any atom is 0.153 e. The standard InChI is InChI=1S/C8H8O4S/c9-4-7-3-6(5-13(11)12)1-2-8(7)10/h1-4,10H,5H2,(H,11,12)/p-1. The molecular weight excluding hydrogens is 192 g/mol. The van der Waals surface area contributed by atoms with Gasteiger partial charge in [0.05, 0.1) is 5.56 Å². The van der Waals surface area contributed by atoms with Gasteiger partial charge in [-0.15, -0.1) is 0 Å². The third-order valence-electron chi connectivity index (χ3n) is 1.50. The number of aromatic hydroxyl groups is 1. The zero-order valence-electron chi connectivity index (χ0n) is 6.60. The van der Waals surface area contributed by atoms with E-state index < -0.39 is 11.1 Å². The Balaban J connectivity index is 2.99. The quantitative estimate of drug-likeness (QED) is 0.570. The summed E-state index contributed by atoms with van der Waals surface area (Å²) in [5.41, 5.74) is 0.580. The summed E-state index contributed by atoms with van der Waals surface area (Å²) in [6, 6.07) is 4.10. The maximum atomic E-state index is 10.4.